The van der Waals surface area contributed by atoms with Crippen LogP contribution in [0.3, 0.4) is 0 Å². The van der Waals surface area contributed by atoms with Crippen LogP contribution in [0.2, 0.25) is 0 Å². The van der Waals surface area contributed by atoms with E-state index in [0.29, 0.717) is 17.3 Å². The molecule has 1 amide bonds. The van der Waals surface area contributed by atoms with Crippen molar-refractivity contribution in [3.8, 4) is 11.3 Å². The predicted octanol–water partition coefficient (Wildman–Crippen LogP) is 5.02. The summed E-state index contributed by atoms with van der Waals surface area (Å²) in [7, 11) is 0. The molecule has 0 aliphatic rings. The molecule has 0 aliphatic heterocycles. The molecule has 0 fully saturated rings. The van der Waals surface area contributed by atoms with Crippen molar-refractivity contribution in [2.45, 2.75) is 16.6 Å². The molecule has 9 heteroatoms. The molecule has 4 rings (SSSR count). The second-order valence-electron chi connectivity index (χ2n) is 5.96. The number of nitrogens with zero attached hydrogens (tertiary/aromatic N) is 3. The Hall–Kier alpha value is -2.62. The highest BCUT2D eigenvalue weighted by Crippen LogP contribution is 2.30. The van der Waals surface area contributed by atoms with E-state index < -0.39 is 0 Å². The van der Waals surface area contributed by atoms with Crippen LogP contribution in [0.1, 0.15) is 20.4 Å². The summed E-state index contributed by atoms with van der Waals surface area (Å²) in [4.78, 5) is 16.9. The molecule has 2 heterocycles. The van der Waals surface area contributed by atoms with Crippen molar-refractivity contribution in [2.24, 2.45) is 0 Å². The molecule has 0 bridgehead atoms. The first-order valence-corrected chi connectivity index (χ1v) is 11.3. The van der Waals surface area contributed by atoms with Crippen LogP contribution in [-0.4, -0.2) is 21.1 Å². The molecule has 0 saturated heterocycles. The summed E-state index contributed by atoms with van der Waals surface area (Å²) in [5, 5.41) is 14.0. The lowest BCUT2D eigenvalue weighted by atomic mass is 10.2. The average molecular weight is 443 g/mol. The Morgan fingerprint density at radius 2 is 1.86 bits per heavy atom. The molecule has 0 aliphatic carbocycles. The third kappa shape index (κ3) is 5.26. The molecule has 0 unspecified atom stereocenters. The smallest absolute Gasteiger partial charge is 0.282 e. The second-order valence-corrected chi connectivity index (χ2v) is 9.11. The van der Waals surface area contributed by atoms with E-state index in [1.165, 1.54) is 23.5 Å². The third-order valence-electron chi connectivity index (χ3n) is 3.90. The fourth-order valence-electron chi connectivity index (χ4n) is 2.45. The van der Waals surface area contributed by atoms with Gasteiger partial charge in [-0.15, -0.1) is 21.5 Å². The van der Waals surface area contributed by atoms with E-state index in [4.69, 9.17) is 0 Å². The van der Waals surface area contributed by atoms with Crippen LogP contribution >= 0.6 is 34.4 Å². The van der Waals surface area contributed by atoms with Gasteiger partial charge in [-0.3, -0.25) is 4.79 Å². The number of nitrogens with one attached hydrogen (secondary N) is 1. The molecule has 0 radical (unpaired) electrons. The average Bonchev–Trinajstić information content (AvgIpc) is 3.42. The van der Waals surface area contributed by atoms with E-state index in [0.717, 1.165) is 26.2 Å². The van der Waals surface area contributed by atoms with E-state index in [9.17, 15) is 9.18 Å². The molecule has 2 aromatic heterocycles. The van der Waals surface area contributed by atoms with Gasteiger partial charge in [0.25, 0.3) is 5.91 Å². The van der Waals surface area contributed by atoms with E-state index in [-0.39, 0.29) is 11.7 Å². The van der Waals surface area contributed by atoms with Crippen molar-refractivity contribution in [3.05, 3.63) is 81.4 Å². The second kappa shape index (κ2) is 9.25. The lowest BCUT2D eigenvalue weighted by molar-refractivity contribution is 0.0950. The summed E-state index contributed by atoms with van der Waals surface area (Å²) >= 11 is 4.42. The normalized spacial score (nSPS) is 10.8. The quantitative estimate of drug-likeness (QED) is 0.407. The molecule has 1 N–H and O–H groups in total. The minimum absolute atomic E-state index is 0.288. The number of carbonyl (C=O) groups excluding carboxylic acids is 1. The Kier molecular flexibility index (Phi) is 6.28. The minimum Gasteiger partial charge on any atom is -0.346 e. The monoisotopic (exact) mass is 442 g/mol. The van der Waals surface area contributed by atoms with Gasteiger partial charge in [0.15, 0.2) is 4.34 Å². The highest BCUT2D eigenvalue weighted by Gasteiger charge is 2.13. The van der Waals surface area contributed by atoms with E-state index >= 15 is 0 Å². The van der Waals surface area contributed by atoms with Gasteiger partial charge < -0.3 is 5.32 Å². The molecular formula is C20H15FN4OS3. The van der Waals surface area contributed by atoms with Crippen LogP contribution in [0.5, 0.6) is 0 Å². The highest BCUT2D eigenvalue weighted by atomic mass is 32.2. The van der Waals surface area contributed by atoms with Crippen LogP contribution < -0.4 is 5.32 Å². The zero-order valence-electron chi connectivity index (χ0n) is 15.0. The molecule has 0 spiro atoms. The molecular weight excluding hydrogens is 427 g/mol. The number of amides is 1. The van der Waals surface area contributed by atoms with Gasteiger partial charge in [-0.2, -0.15) is 0 Å². The van der Waals surface area contributed by atoms with Gasteiger partial charge in [0.1, 0.15) is 10.8 Å². The topological polar surface area (TPSA) is 67.8 Å². The summed E-state index contributed by atoms with van der Waals surface area (Å²) in [5.74, 6) is 0.0103. The summed E-state index contributed by atoms with van der Waals surface area (Å²) in [5.41, 5.74) is 2.86. The van der Waals surface area contributed by atoms with Crippen molar-refractivity contribution < 1.29 is 9.18 Å². The first-order chi connectivity index (χ1) is 14.2. The van der Waals surface area contributed by atoms with E-state index in [1.54, 1.807) is 35.2 Å². The van der Waals surface area contributed by atoms with E-state index in [1.807, 2.05) is 35.7 Å². The number of hydrogen-bond acceptors (Lipinski definition) is 7. The van der Waals surface area contributed by atoms with Crippen LogP contribution in [-0.2, 0) is 12.3 Å². The first-order valence-electron chi connectivity index (χ1n) is 8.66. The summed E-state index contributed by atoms with van der Waals surface area (Å²) in [6.45, 7) is 0.310. The molecule has 0 atom stereocenters. The molecule has 2 aromatic carbocycles. The van der Waals surface area contributed by atoms with Crippen molar-refractivity contribution >= 4 is 40.3 Å². The zero-order valence-corrected chi connectivity index (χ0v) is 17.5. The minimum atomic E-state index is -0.303. The number of halogens is 1. The molecule has 5 nitrogen and oxygen atoms in total. The zero-order chi connectivity index (χ0) is 20.1. The molecule has 29 heavy (non-hydrogen) atoms. The standard InChI is InChI=1S/C20H15FN4OS3/c21-15-8-6-13(7-9-15)10-22-18(26)19-25-24-17(29-19)12-28-20-23-16(11-27-20)14-4-2-1-3-5-14/h1-9,11H,10,12H2,(H,22,26). The number of aromatic nitrogens is 3. The fourth-order valence-corrected chi connectivity index (χ4v) is 5.03. The SMILES string of the molecule is O=C(NCc1ccc(F)cc1)c1nnc(CSc2nc(-c3ccccc3)cs2)s1. The maximum absolute atomic E-state index is 12.9. The van der Waals surface area contributed by atoms with Gasteiger partial charge in [-0.05, 0) is 17.7 Å². The van der Waals surface area contributed by atoms with Crippen LogP contribution in [0, 0.1) is 5.82 Å². The number of carbonyl (C=O) groups is 1. The number of hydrogen-bond donors (Lipinski definition) is 1. The van der Waals surface area contributed by atoms with Gasteiger partial charge in [0, 0.05) is 17.5 Å². The maximum atomic E-state index is 12.9. The summed E-state index contributed by atoms with van der Waals surface area (Å²) < 4.78 is 13.9. The van der Waals surface area contributed by atoms with Crippen LogP contribution in [0.4, 0.5) is 4.39 Å². The molecule has 0 saturated carbocycles. The molecule has 146 valence electrons. The Morgan fingerprint density at radius 3 is 2.66 bits per heavy atom. The maximum Gasteiger partial charge on any atom is 0.282 e. The Labute approximate surface area is 179 Å². The number of benzene rings is 2. The van der Waals surface area contributed by atoms with Gasteiger partial charge in [0.2, 0.25) is 5.01 Å². The van der Waals surface area contributed by atoms with Gasteiger partial charge in [-0.1, -0.05) is 65.6 Å². The Bertz CT molecular complexity index is 1100. The van der Waals surface area contributed by atoms with E-state index in [2.05, 4.69) is 20.5 Å². The number of thiazole rings is 1. The van der Waals surface area contributed by atoms with Crippen molar-refractivity contribution in [1.82, 2.24) is 20.5 Å². The van der Waals surface area contributed by atoms with Crippen molar-refractivity contribution in [2.75, 3.05) is 0 Å². The lowest BCUT2D eigenvalue weighted by Crippen LogP contribution is -2.22. The predicted molar refractivity (Wildman–Crippen MR) is 115 cm³/mol. The number of thioether (sulfide) groups is 1. The Morgan fingerprint density at radius 1 is 1.07 bits per heavy atom. The molecule has 4 aromatic rings. The highest BCUT2D eigenvalue weighted by molar-refractivity contribution is 8.00. The van der Waals surface area contributed by atoms with Crippen LogP contribution in [0.15, 0.2) is 64.3 Å². The first kappa shape index (κ1) is 19.7. The van der Waals surface area contributed by atoms with Crippen molar-refractivity contribution in [3.63, 3.8) is 0 Å². The fraction of sp³-hybridized carbons (Fsp3) is 0.100. The van der Waals surface area contributed by atoms with Gasteiger partial charge in [-0.25, -0.2) is 9.37 Å². The van der Waals surface area contributed by atoms with Crippen molar-refractivity contribution in [1.29, 1.82) is 0 Å². The van der Waals surface area contributed by atoms with Crippen LogP contribution in [0.25, 0.3) is 11.3 Å². The lowest BCUT2D eigenvalue weighted by Gasteiger charge is -2.02. The Balaban J connectivity index is 1.30. The summed E-state index contributed by atoms with van der Waals surface area (Å²) in [6.07, 6.45) is 0. The number of rotatable bonds is 7. The summed E-state index contributed by atoms with van der Waals surface area (Å²) in [6, 6.07) is 16.0. The third-order valence-corrected chi connectivity index (χ3v) is 7.04. The van der Waals surface area contributed by atoms with Gasteiger partial charge in [0.05, 0.1) is 11.4 Å². The van der Waals surface area contributed by atoms with Gasteiger partial charge >= 0.3 is 0 Å². The largest absolute Gasteiger partial charge is 0.346 e.